The lowest BCUT2D eigenvalue weighted by Gasteiger charge is -2.29. The molecule has 0 unspecified atom stereocenters. The molecule has 2 aromatic heterocycles. The van der Waals surface area contributed by atoms with Crippen molar-refractivity contribution in [1.82, 2.24) is 24.2 Å². The minimum Gasteiger partial charge on any atom is -0.356 e. The SMILES string of the molecule is CCNc1nc2c(C3=C[C@@H](C)N(C)CC3)cc(C3(C)CC3)cc2c(=O)n1Cc1cnn(C)c1. The average Bonchev–Trinajstić information content (AvgIpc) is 3.41. The fourth-order valence-electron chi connectivity index (χ4n) is 4.80. The molecule has 7 heteroatoms. The van der Waals surface area contributed by atoms with Crippen molar-refractivity contribution < 1.29 is 0 Å². The monoisotopic (exact) mass is 446 g/mol. The van der Waals surface area contributed by atoms with E-state index in [1.54, 1.807) is 9.25 Å². The van der Waals surface area contributed by atoms with Crippen LogP contribution in [0.25, 0.3) is 16.5 Å². The molecule has 0 bridgehead atoms. The van der Waals surface area contributed by atoms with Crippen LogP contribution < -0.4 is 10.9 Å². The molecule has 1 N–H and O–H groups in total. The van der Waals surface area contributed by atoms with Gasteiger partial charge in [-0.25, -0.2) is 4.98 Å². The summed E-state index contributed by atoms with van der Waals surface area (Å²) in [5.41, 5.74) is 5.67. The van der Waals surface area contributed by atoms with E-state index in [2.05, 4.69) is 54.4 Å². The summed E-state index contributed by atoms with van der Waals surface area (Å²) in [5, 5.41) is 8.33. The summed E-state index contributed by atoms with van der Waals surface area (Å²) in [4.78, 5) is 21.3. The topological polar surface area (TPSA) is 68.0 Å². The molecule has 33 heavy (non-hydrogen) atoms. The maximum Gasteiger partial charge on any atom is 0.263 e. The highest BCUT2D eigenvalue weighted by molar-refractivity contribution is 5.92. The quantitative estimate of drug-likeness (QED) is 0.624. The molecule has 1 aromatic carbocycles. The van der Waals surface area contributed by atoms with Gasteiger partial charge in [0, 0.05) is 43.5 Å². The van der Waals surface area contributed by atoms with Crippen LogP contribution in [0.1, 0.15) is 56.7 Å². The van der Waals surface area contributed by atoms with Crippen molar-refractivity contribution >= 4 is 22.4 Å². The van der Waals surface area contributed by atoms with E-state index in [1.165, 1.54) is 24.0 Å². The van der Waals surface area contributed by atoms with Crippen LogP contribution in [0, 0.1) is 0 Å². The molecule has 174 valence electrons. The van der Waals surface area contributed by atoms with Crippen LogP contribution in [-0.4, -0.2) is 50.4 Å². The first-order valence-corrected chi connectivity index (χ1v) is 12.0. The predicted octanol–water partition coefficient (Wildman–Crippen LogP) is 3.77. The molecule has 1 aliphatic carbocycles. The van der Waals surface area contributed by atoms with Crippen LogP contribution in [0.5, 0.6) is 0 Å². The van der Waals surface area contributed by atoms with Gasteiger partial charge in [0.25, 0.3) is 5.56 Å². The van der Waals surface area contributed by atoms with Gasteiger partial charge in [-0.2, -0.15) is 5.10 Å². The number of benzene rings is 1. The number of hydrogen-bond acceptors (Lipinski definition) is 5. The molecule has 7 nitrogen and oxygen atoms in total. The Morgan fingerprint density at radius 2 is 2.03 bits per heavy atom. The van der Waals surface area contributed by atoms with Crippen LogP contribution in [0.15, 0.2) is 35.4 Å². The van der Waals surface area contributed by atoms with Crippen LogP contribution in [0.4, 0.5) is 5.95 Å². The normalized spacial score (nSPS) is 20.2. The first-order chi connectivity index (χ1) is 15.8. The molecule has 0 amide bonds. The van der Waals surface area contributed by atoms with Crippen molar-refractivity contribution in [2.45, 2.75) is 58.0 Å². The second kappa shape index (κ2) is 8.13. The number of rotatable bonds is 6. The Bertz CT molecular complexity index is 1300. The van der Waals surface area contributed by atoms with Gasteiger partial charge in [0.05, 0.1) is 23.6 Å². The molecule has 1 atom stereocenters. The second-order valence-corrected chi connectivity index (χ2v) is 10.0. The van der Waals surface area contributed by atoms with Crippen LogP contribution >= 0.6 is 0 Å². The van der Waals surface area contributed by atoms with E-state index in [0.29, 0.717) is 30.5 Å². The molecule has 3 aromatic rings. The molecule has 2 aliphatic rings. The summed E-state index contributed by atoms with van der Waals surface area (Å²) < 4.78 is 3.52. The van der Waals surface area contributed by atoms with E-state index < -0.39 is 0 Å². The maximum absolute atomic E-state index is 13.9. The Morgan fingerprint density at radius 1 is 1.24 bits per heavy atom. The van der Waals surface area contributed by atoms with E-state index >= 15 is 0 Å². The van der Waals surface area contributed by atoms with Crippen molar-refractivity contribution in [1.29, 1.82) is 0 Å². The molecule has 1 aliphatic heterocycles. The van der Waals surface area contributed by atoms with E-state index in [-0.39, 0.29) is 11.0 Å². The number of aromatic nitrogens is 4. The smallest absolute Gasteiger partial charge is 0.263 e. The van der Waals surface area contributed by atoms with Crippen molar-refractivity contribution in [2.24, 2.45) is 7.05 Å². The molecule has 3 heterocycles. The molecular weight excluding hydrogens is 412 g/mol. The Hall–Kier alpha value is -2.93. The lowest BCUT2D eigenvalue weighted by atomic mass is 9.89. The number of aryl methyl sites for hydroxylation is 1. The van der Waals surface area contributed by atoms with Gasteiger partial charge >= 0.3 is 0 Å². The second-order valence-electron chi connectivity index (χ2n) is 10.0. The van der Waals surface area contributed by atoms with E-state index in [4.69, 9.17) is 4.98 Å². The number of likely N-dealkylation sites (N-methyl/N-ethyl adjacent to an activating group) is 1. The number of hydrogen-bond donors (Lipinski definition) is 1. The highest BCUT2D eigenvalue weighted by atomic mass is 16.1. The van der Waals surface area contributed by atoms with Gasteiger partial charge in [-0.05, 0) is 68.8 Å². The van der Waals surface area contributed by atoms with Crippen molar-refractivity contribution in [3.05, 3.63) is 57.6 Å². The third kappa shape index (κ3) is 3.99. The molecule has 0 radical (unpaired) electrons. The summed E-state index contributed by atoms with van der Waals surface area (Å²) in [6.45, 7) is 8.71. The van der Waals surface area contributed by atoms with Gasteiger partial charge in [-0.1, -0.05) is 13.0 Å². The Labute approximate surface area is 195 Å². The third-order valence-electron chi connectivity index (χ3n) is 7.41. The first kappa shape index (κ1) is 21.9. The molecule has 1 saturated carbocycles. The fraction of sp³-hybridized carbons (Fsp3) is 0.500. The molecule has 5 rings (SSSR count). The number of nitrogens with zero attached hydrogens (tertiary/aromatic N) is 5. The zero-order chi connectivity index (χ0) is 23.3. The maximum atomic E-state index is 13.9. The van der Waals surface area contributed by atoms with Gasteiger partial charge in [0.2, 0.25) is 5.95 Å². The van der Waals surface area contributed by atoms with Gasteiger partial charge in [-0.3, -0.25) is 18.9 Å². The fourth-order valence-corrected chi connectivity index (χ4v) is 4.80. The number of nitrogens with one attached hydrogen (secondary N) is 1. The van der Waals surface area contributed by atoms with Crippen LogP contribution in [0.2, 0.25) is 0 Å². The first-order valence-electron chi connectivity index (χ1n) is 12.0. The lowest BCUT2D eigenvalue weighted by molar-refractivity contribution is 0.294. The van der Waals surface area contributed by atoms with Crippen LogP contribution in [-0.2, 0) is 19.0 Å². The highest BCUT2D eigenvalue weighted by Crippen LogP contribution is 2.49. The minimum atomic E-state index is 0.00808. The van der Waals surface area contributed by atoms with Crippen molar-refractivity contribution in [3.63, 3.8) is 0 Å². The van der Waals surface area contributed by atoms with Crippen LogP contribution in [0.3, 0.4) is 0 Å². The number of anilines is 1. The van der Waals surface area contributed by atoms with Crippen molar-refractivity contribution in [3.8, 4) is 0 Å². The molecular formula is C26H34N6O. The van der Waals surface area contributed by atoms with E-state index in [1.807, 2.05) is 26.4 Å². The summed E-state index contributed by atoms with van der Waals surface area (Å²) in [6.07, 6.45) is 9.40. The van der Waals surface area contributed by atoms with E-state index in [9.17, 15) is 4.79 Å². The largest absolute Gasteiger partial charge is 0.356 e. The average molecular weight is 447 g/mol. The standard InChI is InChI=1S/C26H34N6O/c1-6-27-25-29-23-21(19-7-10-30(4)17(2)11-19)12-20(26(3)8-9-26)13-22(23)24(33)32(25)16-18-14-28-31(5)15-18/h11-15,17H,6-10,16H2,1-5H3,(H,27,29)/t17-/m1/s1. The summed E-state index contributed by atoms with van der Waals surface area (Å²) in [6, 6.07) is 4.78. The zero-order valence-corrected chi connectivity index (χ0v) is 20.4. The van der Waals surface area contributed by atoms with E-state index in [0.717, 1.165) is 29.6 Å². The Morgan fingerprint density at radius 3 is 2.67 bits per heavy atom. The Kier molecular flexibility index (Phi) is 5.40. The molecule has 0 spiro atoms. The minimum absolute atomic E-state index is 0.00808. The third-order valence-corrected chi connectivity index (χ3v) is 7.41. The van der Waals surface area contributed by atoms with Gasteiger partial charge < -0.3 is 5.32 Å². The van der Waals surface area contributed by atoms with Gasteiger partial charge in [0.1, 0.15) is 0 Å². The highest BCUT2D eigenvalue weighted by Gasteiger charge is 2.40. The Balaban J connectivity index is 1.74. The summed E-state index contributed by atoms with van der Waals surface area (Å²) >= 11 is 0. The molecule has 1 fully saturated rings. The predicted molar refractivity (Wildman–Crippen MR) is 134 cm³/mol. The summed E-state index contributed by atoms with van der Waals surface area (Å²) in [7, 11) is 4.05. The summed E-state index contributed by atoms with van der Waals surface area (Å²) in [5.74, 6) is 0.618. The zero-order valence-electron chi connectivity index (χ0n) is 20.4. The molecule has 0 saturated heterocycles. The van der Waals surface area contributed by atoms with Crippen molar-refractivity contribution in [2.75, 3.05) is 25.5 Å². The van der Waals surface area contributed by atoms with Gasteiger partial charge in [-0.15, -0.1) is 0 Å². The lowest BCUT2D eigenvalue weighted by Crippen LogP contribution is -2.32. The van der Waals surface area contributed by atoms with Gasteiger partial charge in [0.15, 0.2) is 0 Å². The number of fused-ring (bicyclic) bond motifs is 1.